The molecular formula is C15H16BrClN2O2. The summed E-state index contributed by atoms with van der Waals surface area (Å²) >= 11 is 9.57. The first kappa shape index (κ1) is 15.9. The average molecular weight is 372 g/mol. The van der Waals surface area contributed by atoms with Crippen LogP contribution in [0.15, 0.2) is 39.4 Å². The highest BCUT2D eigenvalue weighted by atomic mass is 79.9. The smallest absolute Gasteiger partial charge is 0.242 e. The van der Waals surface area contributed by atoms with Crippen LogP contribution >= 0.6 is 27.5 Å². The highest BCUT2D eigenvalue weighted by Gasteiger charge is 2.14. The molecule has 0 radical (unpaired) electrons. The number of carbonyl (C=O) groups is 1. The minimum atomic E-state index is -0.393. The molecule has 2 N–H and O–H groups in total. The van der Waals surface area contributed by atoms with Crippen LogP contribution in [0.4, 0.5) is 5.69 Å². The fourth-order valence-electron chi connectivity index (χ4n) is 1.80. The number of hydrogen-bond acceptors (Lipinski definition) is 3. The Bertz CT molecular complexity index is 629. The fourth-order valence-corrected chi connectivity index (χ4v) is 2.53. The van der Waals surface area contributed by atoms with Crippen LogP contribution < -0.4 is 10.6 Å². The molecule has 1 unspecified atom stereocenters. The summed E-state index contributed by atoms with van der Waals surface area (Å²) < 4.78 is 6.04. The Balaban J connectivity index is 1.95. The van der Waals surface area contributed by atoms with Gasteiger partial charge in [-0.3, -0.25) is 4.79 Å². The minimum absolute atomic E-state index is 0.116. The van der Waals surface area contributed by atoms with Crippen LogP contribution in [0.1, 0.15) is 18.2 Å². The van der Waals surface area contributed by atoms with Gasteiger partial charge in [-0.05, 0) is 59.6 Å². The summed E-state index contributed by atoms with van der Waals surface area (Å²) in [5, 5.41) is 6.60. The lowest BCUT2D eigenvalue weighted by molar-refractivity contribution is -0.121. The van der Waals surface area contributed by atoms with E-state index < -0.39 is 6.04 Å². The Hall–Kier alpha value is -1.46. The SMILES string of the molecule is Cc1cc(Br)c(NC(C)C(=O)NCc2ccco2)cc1Cl. The van der Waals surface area contributed by atoms with Gasteiger partial charge in [0.1, 0.15) is 11.8 Å². The van der Waals surface area contributed by atoms with Crippen LogP contribution in [0.3, 0.4) is 0 Å². The van der Waals surface area contributed by atoms with E-state index in [1.807, 2.05) is 19.1 Å². The van der Waals surface area contributed by atoms with E-state index in [-0.39, 0.29) is 5.91 Å². The first-order valence-corrected chi connectivity index (χ1v) is 7.66. The number of benzene rings is 1. The zero-order valence-corrected chi connectivity index (χ0v) is 14.1. The van der Waals surface area contributed by atoms with Gasteiger partial charge in [0.25, 0.3) is 0 Å². The largest absolute Gasteiger partial charge is 0.467 e. The number of anilines is 1. The molecule has 0 aliphatic rings. The molecule has 21 heavy (non-hydrogen) atoms. The van der Waals surface area contributed by atoms with Crippen molar-refractivity contribution in [2.75, 3.05) is 5.32 Å². The second-order valence-corrected chi connectivity index (χ2v) is 6.01. The number of rotatable bonds is 5. The van der Waals surface area contributed by atoms with E-state index in [2.05, 4.69) is 26.6 Å². The molecule has 0 bridgehead atoms. The first-order valence-electron chi connectivity index (χ1n) is 6.49. The number of halogens is 2. The Morgan fingerprint density at radius 1 is 1.48 bits per heavy atom. The quantitative estimate of drug-likeness (QED) is 0.831. The highest BCUT2D eigenvalue weighted by Crippen LogP contribution is 2.29. The maximum Gasteiger partial charge on any atom is 0.242 e. The van der Waals surface area contributed by atoms with Gasteiger partial charge in [-0.15, -0.1) is 0 Å². The number of hydrogen-bond donors (Lipinski definition) is 2. The van der Waals surface area contributed by atoms with Crippen LogP contribution in [0.25, 0.3) is 0 Å². The summed E-state index contributed by atoms with van der Waals surface area (Å²) in [5.74, 6) is 0.602. The van der Waals surface area contributed by atoms with E-state index in [9.17, 15) is 4.79 Å². The molecule has 1 aromatic carbocycles. The van der Waals surface area contributed by atoms with E-state index in [1.165, 1.54) is 0 Å². The van der Waals surface area contributed by atoms with E-state index in [0.29, 0.717) is 11.6 Å². The van der Waals surface area contributed by atoms with Gasteiger partial charge in [0.05, 0.1) is 18.5 Å². The predicted octanol–water partition coefficient (Wildman–Crippen LogP) is 4.12. The van der Waals surface area contributed by atoms with Crippen molar-refractivity contribution in [2.24, 2.45) is 0 Å². The molecule has 0 saturated heterocycles. The highest BCUT2D eigenvalue weighted by molar-refractivity contribution is 9.10. The summed E-state index contributed by atoms with van der Waals surface area (Å²) in [7, 11) is 0. The molecule has 0 fully saturated rings. The van der Waals surface area contributed by atoms with Gasteiger partial charge in [0.2, 0.25) is 5.91 Å². The van der Waals surface area contributed by atoms with E-state index in [4.69, 9.17) is 16.0 Å². The summed E-state index contributed by atoms with van der Waals surface area (Å²) in [5.41, 5.74) is 1.76. The van der Waals surface area contributed by atoms with Crippen molar-refractivity contribution in [3.05, 3.63) is 51.3 Å². The third-order valence-corrected chi connectivity index (χ3v) is 4.09. The van der Waals surface area contributed by atoms with Crippen molar-refractivity contribution in [3.8, 4) is 0 Å². The number of amides is 1. The van der Waals surface area contributed by atoms with Crippen molar-refractivity contribution >= 4 is 39.1 Å². The molecule has 1 atom stereocenters. The molecule has 6 heteroatoms. The summed E-state index contributed by atoms with van der Waals surface area (Å²) in [4.78, 5) is 12.0. The lowest BCUT2D eigenvalue weighted by Crippen LogP contribution is -2.37. The Kier molecular flexibility index (Phi) is 5.31. The topological polar surface area (TPSA) is 54.3 Å². The van der Waals surface area contributed by atoms with Crippen LogP contribution in [0.5, 0.6) is 0 Å². The van der Waals surface area contributed by atoms with Gasteiger partial charge >= 0.3 is 0 Å². The number of nitrogens with one attached hydrogen (secondary N) is 2. The maximum atomic E-state index is 12.0. The van der Waals surface area contributed by atoms with Crippen molar-refractivity contribution in [3.63, 3.8) is 0 Å². The van der Waals surface area contributed by atoms with Gasteiger partial charge in [-0.2, -0.15) is 0 Å². The van der Waals surface area contributed by atoms with Crippen molar-refractivity contribution in [1.29, 1.82) is 0 Å². The summed E-state index contributed by atoms with van der Waals surface area (Å²) in [6.07, 6.45) is 1.58. The Labute approximate surface area is 137 Å². The van der Waals surface area contributed by atoms with Gasteiger partial charge < -0.3 is 15.1 Å². The number of furan rings is 1. The van der Waals surface area contributed by atoms with E-state index in [1.54, 1.807) is 25.3 Å². The normalized spacial score (nSPS) is 12.0. The Morgan fingerprint density at radius 3 is 2.90 bits per heavy atom. The number of aryl methyl sites for hydroxylation is 1. The van der Waals surface area contributed by atoms with Crippen LogP contribution in [0, 0.1) is 6.92 Å². The maximum absolute atomic E-state index is 12.0. The summed E-state index contributed by atoms with van der Waals surface area (Å²) in [6, 6.07) is 6.92. The van der Waals surface area contributed by atoms with Crippen molar-refractivity contribution in [2.45, 2.75) is 26.4 Å². The lowest BCUT2D eigenvalue weighted by atomic mass is 10.2. The first-order chi connectivity index (χ1) is 9.97. The second-order valence-electron chi connectivity index (χ2n) is 4.74. The zero-order chi connectivity index (χ0) is 15.4. The molecule has 112 valence electrons. The third kappa shape index (κ3) is 4.25. The average Bonchev–Trinajstić information content (AvgIpc) is 2.95. The monoisotopic (exact) mass is 370 g/mol. The van der Waals surface area contributed by atoms with Crippen LogP contribution in [-0.2, 0) is 11.3 Å². The minimum Gasteiger partial charge on any atom is -0.467 e. The molecule has 0 aliphatic heterocycles. The molecular weight excluding hydrogens is 356 g/mol. The van der Waals surface area contributed by atoms with E-state index >= 15 is 0 Å². The molecule has 0 aliphatic carbocycles. The molecule has 1 amide bonds. The molecule has 0 spiro atoms. The summed E-state index contributed by atoms with van der Waals surface area (Å²) in [6.45, 7) is 4.09. The van der Waals surface area contributed by atoms with Crippen LogP contribution in [0.2, 0.25) is 5.02 Å². The van der Waals surface area contributed by atoms with Crippen molar-refractivity contribution < 1.29 is 9.21 Å². The molecule has 2 rings (SSSR count). The van der Waals surface area contributed by atoms with Gasteiger partial charge in [0.15, 0.2) is 0 Å². The second kappa shape index (κ2) is 7.00. The number of carbonyl (C=O) groups excluding carboxylic acids is 1. The molecule has 1 heterocycles. The standard InChI is InChI=1S/C15H16BrClN2O2/c1-9-6-12(16)14(7-13(9)17)19-10(2)15(20)18-8-11-4-3-5-21-11/h3-7,10,19H,8H2,1-2H3,(H,18,20). The van der Waals surface area contributed by atoms with Gasteiger partial charge in [-0.1, -0.05) is 11.6 Å². The van der Waals surface area contributed by atoms with Crippen LogP contribution in [-0.4, -0.2) is 11.9 Å². The molecule has 2 aromatic rings. The Morgan fingerprint density at radius 2 is 2.24 bits per heavy atom. The molecule has 4 nitrogen and oxygen atoms in total. The molecule has 1 aromatic heterocycles. The lowest BCUT2D eigenvalue weighted by Gasteiger charge is -2.17. The molecule has 0 saturated carbocycles. The predicted molar refractivity (Wildman–Crippen MR) is 87.5 cm³/mol. The van der Waals surface area contributed by atoms with E-state index in [0.717, 1.165) is 21.5 Å². The third-order valence-electron chi connectivity index (χ3n) is 3.03. The van der Waals surface area contributed by atoms with Gasteiger partial charge in [0, 0.05) is 9.50 Å². The fraction of sp³-hybridized carbons (Fsp3) is 0.267. The van der Waals surface area contributed by atoms with Gasteiger partial charge in [-0.25, -0.2) is 0 Å². The zero-order valence-electron chi connectivity index (χ0n) is 11.7. The van der Waals surface area contributed by atoms with Crippen molar-refractivity contribution in [1.82, 2.24) is 5.32 Å².